The summed E-state index contributed by atoms with van der Waals surface area (Å²) in [5.41, 5.74) is 0.558. The smallest absolute Gasteiger partial charge is 0.321 e. The van der Waals surface area contributed by atoms with Crippen LogP contribution in [-0.2, 0) is 11.2 Å². The fourth-order valence-electron chi connectivity index (χ4n) is 3.80. The first kappa shape index (κ1) is 21.6. The van der Waals surface area contributed by atoms with Crippen molar-refractivity contribution in [3.8, 4) is 0 Å². The van der Waals surface area contributed by atoms with E-state index in [0.29, 0.717) is 22.6 Å². The minimum Gasteiger partial charge on any atom is -0.337 e. The van der Waals surface area contributed by atoms with Crippen molar-refractivity contribution in [3.63, 3.8) is 0 Å². The number of para-hydroxylation sites is 1. The lowest BCUT2D eigenvalue weighted by atomic mass is 10.2. The van der Waals surface area contributed by atoms with E-state index >= 15 is 0 Å². The van der Waals surface area contributed by atoms with Gasteiger partial charge >= 0.3 is 6.03 Å². The first-order valence-corrected chi connectivity index (χ1v) is 12.2. The van der Waals surface area contributed by atoms with E-state index in [-0.39, 0.29) is 17.4 Å². The van der Waals surface area contributed by atoms with Crippen LogP contribution in [0.3, 0.4) is 0 Å². The largest absolute Gasteiger partial charge is 0.337 e. The van der Waals surface area contributed by atoms with Crippen molar-refractivity contribution in [2.24, 2.45) is 0 Å². The predicted molar refractivity (Wildman–Crippen MR) is 124 cm³/mol. The Morgan fingerprint density at radius 3 is 2.74 bits per heavy atom. The Balaban J connectivity index is 1.39. The van der Waals surface area contributed by atoms with Gasteiger partial charge in [0.05, 0.1) is 16.7 Å². The summed E-state index contributed by atoms with van der Waals surface area (Å²) < 4.78 is 1.74. The van der Waals surface area contributed by atoms with Crippen molar-refractivity contribution in [2.45, 2.75) is 43.3 Å². The van der Waals surface area contributed by atoms with E-state index in [9.17, 15) is 14.4 Å². The van der Waals surface area contributed by atoms with Crippen LogP contribution in [0.15, 0.2) is 51.7 Å². The van der Waals surface area contributed by atoms with Crippen LogP contribution >= 0.6 is 23.1 Å². The van der Waals surface area contributed by atoms with E-state index in [0.717, 1.165) is 32.1 Å². The minimum atomic E-state index is -0.512. The Kier molecular flexibility index (Phi) is 7.03. The second-order valence-corrected chi connectivity index (χ2v) is 9.42. The van der Waals surface area contributed by atoms with Gasteiger partial charge in [-0.15, -0.1) is 11.3 Å². The lowest BCUT2D eigenvalue weighted by molar-refractivity contribution is -0.117. The number of fused-ring (bicyclic) bond motifs is 1. The number of imide groups is 1. The van der Waals surface area contributed by atoms with E-state index in [2.05, 4.69) is 15.6 Å². The van der Waals surface area contributed by atoms with Crippen molar-refractivity contribution in [3.05, 3.63) is 57.0 Å². The van der Waals surface area contributed by atoms with Gasteiger partial charge in [-0.2, -0.15) is 0 Å². The van der Waals surface area contributed by atoms with Gasteiger partial charge in [-0.05, 0) is 42.8 Å². The number of hydrogen-bond acceptors (Lipinski definition) is 6. The van der Waals surface area contributed by atoms with Crippen LogP contribution < -0.4 is 16.2 Å². The molecule has 0 aliphatic heterocycles. The van der Waals surface area contributed by atoms with Crippen LogP contribution in [0.5, 0.6) is 0 Å². The highest BCUT2D eigenvalue weighted by Crippen LogP contribution is 2.32. The number of aromatic nitrogens is 2. The molecule has 3 aromatic rings. The standard InChI is InChI=1S/C22H24N4O3S2/c27-19(25-21(29)23-12-11-16-8-5-13-30-16)14-31-22-24-18-10-4-3-9-17(18)20(28)26(22)15-6-1-2-7-15/h3-5,8-10,13,15H,1-2,6-7,11-12,14H2,(H2,23,25,27,29). The first-order chi connectivity index (χ1) is 15.1. The number of benzene rings is 1. The Hall–Kier alpha value is -2.65. The van der Waals surface area contributed by atoms with Crippen LogP contribution in [0.1, 0.15) is 36.6 Å². The normalized spacial score (nSPS) is 14.1. The Morgan fingerprint density at radius 1 is 1.16 bits per heavy atom. The lowest BCUT2D eigenvalue weighted by Crippen LogP contribution is -2.41. The summed E-state index contributed by atoms with van der Waals surface area (Å²) >= 11 is 2.83. The highest BCUT2D eigenvalue weighted by Gasteiger charge is 2.23. The van der Waals surface area contributed by atoms with Gasteiger partial charge in [-0.25, -0.2) is 9.78 Å². The van der Waals surface area contributed by atoms with Crippen LogP contribution in [-0.4, -0.2) is 33.8 Å². The maximum Gasteiger partial charge on any atom is 0.321 e. The number of nitrogens with one attached hydrogen (secondary N) is 2. The molecular weight excluding hydrogens is 432 g/mol. The molecule has 1 saturated carbocycles. The average Bonchev–Trinajstić information content (AvgIpc) is 3.47. The minimum absolute atomic E-state index is 0.00977. The molecule has 1 aliphatic rings. The molecule has 0 radical (unpaired) electrons. The number of hydrogen-bond donors (Lipinski definition) is 2. The van der Waals surface area contributed by atoms with E-state index in [4.69, 9.17) is 0 Å². The number of carbonyl (C=O) groups excluding carboxylic acids is 2. The molecule has 0 saturated heterocycles. The van der Waals surface area contributed by atoms with Gasteiger partial charge in [0.15, 0.2) is 5.16 Å². The summed E-state index contributed by atoms with van der Waals surface area (Å²) in [6.45, 7) is 0.459. The van der Waals surface area contributed by atoms with Crippen molar-refractivity contribution in [1.29, 1.82) is 0 Å². The summed E-state index contributed by atoms with van der Waals surface area (Å²) in [4.78, 5) is 43.2. The highest BCUT2D eigenvalue weighted by atomic mass is 32.2. The topological polar surface area (TPSA) is 93.1 Å². The predicted octanol–water partition coefficient (Wildman–Crippen LogP) is 3.73. The Morgan fingerprint density at radius 2 is 1.97 bits per heavy atom. The third kappa shape index (κ3) is 5.34. The number of thiophene rings is 1. The summed E-state index contributed by atoms with van der Waals surface area (Å²) in [7, 11) is 0. The molecule has 2 aromatic heterocycles. The first-order valence-electron chi connectivity index (χ1n) is 10.4. The number of thioether (sulfide) groups is 1. The van der Waals surface area contributed by atoms with Crippen LogP contribution in [0.2, 0.25) is 0 Å². The van der Waals surface area contributed by atoms with E-state index < -0.39 is 11.9 Å². The molecule has 31 heavy (non-hydrogen) atoms. The van der Waals surface area contributed by atoms with Gasteiger partial charge in [0.2, 0.25) is 5.91 Å². The second kappa shape index (κ2) is 10.1. The van der Waals surface area contributed by atoms with Crippen LogP contribution in [0, 0.1) is 0 Å². The molecule has 9 heteroatoms. The summed E-state index contributed by atoms with van der Waals surface area (Å²) in [5, 5.41) is 8.16. The monoisotopic (exact) mass is 456 g/mol. The Labute approximate surface area is 188 Å². The fraction of sp³-hybridized carbons (Fsp3) is 0.364. The molecule has 4 rings (SSSR count). The summed E-state index contributed by atoms with van der Waals surface area (Å²) in [6, 6.07) is 10.8. The van der Waals surface area contributed by atoms with E-state index in [1.165, 1.54) is 16.6 Å². The van der Waals surface area contributed by atoms with Gasteiger partial charge < -0.3 is 5.32 Å². The number of amides is 3. The zero-order valence-corrected chi connectivity index (χ0v) is 18.6. The SMILES string of the molecule is O=C(CSc1nc2ccccc2c(=O)n1C1CCCC1)NC(=O)NCCc1cccs1. The zero-order valence-electron chi connectivity index (χ0n) is 17.0. The van der Waals surface area contributed by atoms with Crippen molar-refractivity contribution in [2.75, 3.05) is 12.3 Å². The molecule has 1 fully saturated rings. The molecule has 2 N–H and O–H groups in total. The maximum absolute atomic E-state index is 13.1. The summed E-state index contributed by atoms with van der Waals surface area (Å²) in [6.07, 6.45) is 4.77. The van der Waals surface area contributed by atoms with Gasteiger partial charge in [0.1, 0.15) is 0 Å². The van der Waals surface area contributed by atoms with Gasteiger partial charge in [0.25, 0.3) is 5.56 Å². The van der Waals surface area contributed by atoms with Crippen molar-refractivity contribution >= 4 is 45.9 Å². The molecule has 0 unspecified atom stereocenters. The van der Waals surface area contributed by atoms with Crippen molar-refractivity contribution < 1.29 is 9.59 Å². The third-order valence-corrected chi connectivity index (χ3v) is 7.18. The molecule has 0 bridgehead atoms. The number of carbonyl (C=O) groups is 2. The highest BCUT2D eigenvalue weighted by molar-refractivity contribution is 7.99. The van der Waals surface area contributed by atoms with Gasteiger partial charge in [-0.3, -0.25) is 19.5 Å². The van der Waals surface area contributed by atoms with E-state index in [1.54, 1.807) is 28.0 Å². The zero-order chi connectivity index (χ0) is 21.6. The molecular formula is C22H24N4O3S2. The van der Waals surface area contributed by atoms with Crippen LogP contribution in [0.25, 0.3) is 10.9 Å². The van der Waals surface area contributed by atoms with Gasteiger partial charge in [0, 0.05) is 17.5 Å². The third-order valence-electron chi connectivity index (χ3n) is 5.29. The molecule has 162 valence electrons. The number of urea groups is 1. The maximum atomic E-state index is 13.1. The number of rotatable bonds is 7. The quantitative estimate of drug-likeness (QED) is 0.417. The molecule has 7 nitrogen and oxygen atoms in total. The Bertz CT molecular complexity index is 1120. The molecule has 0 spiro atoms. The number of nitrogens with zero attached hydrogens (tertiary/aromatic N) is 2. The summed E-state index contributed by atoms with van der Waals surface area (Å²) in [5.74, 6) is -0.408. The van der Waals surface area contributed by atoms with Crippen molar-refractivity contribution in [1.82, 2.24) is 20.2 Å². The molecule has 1 aliphatic carbocycles. The fourth-order valence-corrected chi connectivity index (χ4v) is 5.38. The second-order valence-electron chi connectivity index (χ2n) is 7.45. The molecule has 2 heterocycles. The van der Waals surface area contributed by atoms with E-state index in [1.807, 2.05) is 29.6 Å². The molecule has 0 atom stereocenters. The molecule has 3 amide bonds. The van der Waals surface area contributed by atoms with Crippen LogP contribution in [0.4, 0.5) is 4.79 Å². The van der Waals surface area contributed by atoms with Gasteiger partial charge in [-0.1, -0.05) is 42.8 Å². The average molecular weight is 457 g/mol. The lowest BCUT2D eigenvalue weighted by Gasteiger charge is -2.18. The molecule has 1 aromatic carbocycles.